The summed E-state index contributed by atoms with van der Waals surface area (Å²) in [5.41, 5.74) is 10.9. The Morgan fingerprint density at radius 1 is 1.21 bits per heavy atom. The Kier molecular flexibility index (Phi) is 3.01. The number of nitrogens with zero attached hydrogens (tertiary/aromatic N) is 2. The van der Waals surface area contributed by atoms with Crippen molar-refractivity contribution in [3.8, 4) is 11.4 Å². The summed E-state index contributed by atoms with van der Waals surface area (Å²) in [5, 5.41) is 0. The first-order valence-electron chi connectivity index (χ1n) is 6.44. The molecule has 0 atom stereocenters. The number of benzene rings is 1. The Labute approximate surface area is 111 Å². The van der Waals surface area contributed by atoms with Crippen LogP contribution in [0.3, 0.4) is 0 Å². The third kappa shape index (κ3) is 2.22. The second-order valence-electron chi connectivity index (χ2n) is 4.53. The number of aromatic amines is 1. The lowest BCUT2D eigenvalue weighted by Crippen LogP contribution is -1.99. The largest absolute Gasteiger partial charge is 0.338 e. The molecule has 3 N–H and O–H groups in total. The van der Waals surface area contributed by atoms with Gasteiger partial charge in [-0.05, 0) is 36.2 Å². The van der Waals surface area contributed by atoms with Gasteiger partial charge in [-0.1, -0.05) is 13.0 Å². The fourth-order valence-electron chi connectivity index (χ4n) is 2.15. The Morgan fingerprint density at radius 2 is 2.11 bits per heavy atom. The van der Waals surface area contributed by atoms with Crippen LogP contribution in [0.15, 0.2) is 36.5 Å². The second-order valence-corrected chi connectivity index (χ2v) is 4.53. The Hall–Kier alpha value is -2.20. The molecular formula is C15H16N4. The van der Waals surface area contributed by atoms with E-state index in [4.69, 9.17) is 5.73 Å². The van der Waals surface area contributed by atoms with E-state index in [1.807, 2.05) is 12.1 Å². The fraction of sp³-hybridized carbons (Fsp3) is 0.200. The average molecular weight is 252 g/mol. The van der Waals surface area contributed by atoms with Gasteiger partial charge >= 0.3 is 0 Å². The minimum Gasteiger partial charge on any atom is -0.338 e. The normalized spacial score (nSPS) is 11.1. The first kappa shape index (κ1) is 11.9. The molecule has 0 amide bonds. The van der Waals surface area contributed by atoms with Gasteiger partial charge in [-0.3, -0.25) is 4.98 Å². The number of hydrogen-bond acceptors (Lipinski definition) is 3. The van der Waals surface area contributed by atoms with Crippen LogP contribution in [0.4, 0.5) is 0 Å². The molecular weight excluding hydrogens is 236 g/mol. The van der Waals surface area contributed by atoms with E-state index in [9.17, 15) is 0 Å². The van der Waals surface area contributed by atoms with Crippen molar-refractivity contribution < 1.29 is 0 Å². The van der Waals surface area contributed by atoms with Crippen LogP contribution in [0.1, 0.15) is 18.2 Å². The molecule has 0 aliphatic carbocycles. The van der Waals surface area contributed by atoms with Gasteiger partial charge in [0.05, 0.1) is 16.7 Å². The smallest absolute Gasteiger partial charge is 0.138 e. The standard InChI is InChI=1S/C15H16N4/c1-2-10-3-4-13-14(7-10)19-15(18-13)11-5-6-17-12(8-11)9-16/h3-8H,2,9,16H2,1H3,(H,18,19). The molecule has 96 valence electrons. The maximum absolute atomic E-state index is 5.62. The summed E-state index contributed by atoms with van der Waals surface area (Å²) in [4.78, 5) is 12.2. The zero-order valence-corrected chi connectivity index (χ0v) is 10.9. The maximum atomic E-state index is 5.62. The number of hydrogen-bond donors (Lipinski definition) is 2. The summed E-state index contributed by atoms with van der Waals surface area (Å²) in [5.74, 6) is 0.861. The highest BCUT2D eigenvalue weighted by Crippen LogP contribution is 2.21. The minimum absolute atomic E-state index is 0.439. The number of aryl methyl sites for hydroxylation is 1. The number of imidazole rings is 1. The number of H-pyrrole nitrogens is 1. The number of rotatable bonds is 3. The molecule has 0 bridgehead atoms. The molecule has 0 spiro atoms. The molecule has 4 nitrogen and oxygen atoms in total. The molecule has 3 aromatic rings. The van der Waals surface area contributed by atoms with Crippen LogP contribution in [0.2, 0.25) is 0 Å². The monoisotopic (exact) mass is 252 g/mol. The predicted molar refractivity (Wildman–Crippen MR) is 76.6 cm³/mol. The summed E-state index contributed by atoms with van der Waals surface area (Å²) in [7, 11) is 0. The van der Waals surface area contributed by atoms with Crippen molar-refractivity contribution in [2.24, 2.45) is 5.73 Å². The van der Waals surface area contributed by atoms with Crippen molar-refractivity contribution in [1.29, 1.82) is 0 Å². The van der Waals surface area contributed by atoms with Crippen molar-refractivity contribution >= 4 is 11.0 Å². The molecule has 2 heterocycles. The maximum Gasteiger partial charge on any atom is 0.138 e. The van der Waals surface area contributed by atoms with Gasteiger partial charge in [0.1, 0.15) is 5.82 Å². The molecule has 0 saturated heterocycles. The number of pyridine rings is 1. The molecule has 0 unspecified atom stereocenters. The van der Waals surface area contributed by atoms with Crippen molar-refractivity contribution in [1.82, 2.24) is 15.0 Å². The van der Waals surface area contributed by atoms with Crippen molar-refractivity contribution in [3.63, 3.8) is 0 Å². The Morgan fingerprint density at radius 3 is 2.89 bits per heavy atom. The van der Waals surface area contributed by atoms with Crippen LogP contribution in [-0.2, 0) is 13.0 Å². The van der Waals surface area contributed by atoms with E-state index in [1.165, 1.54) is 5.56 Å². The van der Waals surface area contributed by atoms with Crippen LogP contribution in [0, 0.1) is 0 Å². The minimum atomic E-state index is 0.439. The summed E-state index contributed by atoms with van der Waals surface area (Å²) in [6.45, 7) is 2.59. The van der Waals surface area contributed by atoms with E-state index in [-0.39, 0.29) is 0 Å². The molecule has 0 aliphatic rings. The molecule has 3 rings (SSSR count). The van der Waals surface area contributed by atoms with Crippen LogP contribution in [0.25, 0.3) is 22.4 Å². The molecule has 0 radical (unpaired) electrons. The topological polar surface area (TPSA) is 67.6 Å². The van der Waals surface area contributed by atoms with Gasteiger partial charge < -0.3 is 10.7 Å². The Bertz CT molecular complexity index is 715. The highest BCUT2D eigenvalue weighted by atomic mass is 14.9. The molecule has 4 heteroatoms. The van der Waals surface area contributed by atoms with Crippen molar-refractivity contribution in [2.75, 3.05) is 0 Å². The number of fused-ring (bicyclic) bond motifs is 1. The van der Waals surface area contributed by atoms with E-state index >= 15 is 0 Å². The van der Waals surface area contributed by atoms with Gasteiger partial charge in [-0.15, -0.1) is 0 Å². The number of aromatic nitrogens is 3. The first-order valence-corrected chi connectivity index (χ1v) is 6.44. The fourth-order valence-corrected chi connectivity index (χ4v) is 2.15. The van der Waals surface area contributed by atoms with Crippen LogP contribution >= 0.6 is 0 Å². The lowest BCUT2D eigenvalue weighted by molar-refractivity contribution is 0.990. The second kappa shape index (κ2) is 4.82. The van der Waals surface area contributed by atoms with Gasteiger partial charge in [0.2, 0.25) is 0 Å². The lowest BCUT2D eigenvalue weighted by Gasteiger charge is -1.99. The Balaban J connectivity index is 2.09. The zero-order chi connectivity index (χ0) is 13.2. The summed E-state index contributed by atoms with van der Waals surface area (Å²) in [6, 6.07) is 10.2. The van der Waals surface area contributed by atoms with Crippen LogP contribution in [0.5, 0.6) is 0 Å². The third-order valence-electron chi connectivity index (χ3n) is 3.25. The SMILES string of the molecule is CCc1ccc2nc(-c3ccnc(CN)c3)[nH]c2c1. The number of nitrogens with two attached hydrogens (primary N) is 1. The van der Waals surface area contributed by atoms with E-state index in [1.54, 1.807) is 6.20 Å². The number of nitrogens with one attached hydrogen (secondary N) is 1. The van der Waals surface area contributed by atoms with E-state index < -0.39 is 0 Å². The first-order chi connectivity index (χ1) is 9.30. The molecule has 1 aromatic carbocycles. The van der Waals surface area contributed by atoms with Crippen LogP contribution < -0.4 is 5.73 Å². The van der Waals surface area contributed by atoms with Crippen LogP contribution in [-0.4, -0.2) is 15.0 Å². The molecule has 2 aromatic heterocycles. The van der Waals surface area contributed by atoms with Crippen molar-refractivity contribution in [3.05, 3.63) is 47.8 Å². The molecule has 0 aliphatic heterocycles. The van der Waals surface area contributed by atoms with Gasteiger partial charge in [-0.25, -0.2) is 4.98 Å². The van der Waals surface area contributed by atoms with E-state index in [2.05, 4.69) is 40.1 Å². The molecule has 19 heavy (non-hydrogen) atoms. The summed E-state index contributed by atoms with van der Waals surface area (Å²) in [6.07, 6.45) is 2.79. The van der Waals surface area contributed by atoms with Crippen molar-refractivity contribution in [2.45, 2.75) is 19.9 Å². The van der Waals surface area contributed by atoms with E-state index in [0.717, 1.165) is 34.5 Å². The highest BCUT2D eigenvalue weighted by molar-refractivity contribution is 5.80. The summed E-state index contributed by atoms with van der Waals surface area (Å²) < 4.78 is 0. The van der Waals surface area contributed by atoms with Gasteiger partial charge in [0.15, 0.2) is 0 Å². The van der Waals surface area contributed by atoms with Gasteiger partial charge in [-0.2, -0.15) is 0 Å². The average Bonchev–Trinajstić information content (AvgIpc) is 2.90. The lowest BCUT2D eigenvalue weighted by atomic mass is 10.1. The van der Waals surface area contributed by atoms with Gasteiger partial charge in [0.25, 0.3) is 0 Å². The summed E-state index contributed by atoms with van der Waals surface area (Å²) >= 11 is 0. The third-order valence-corrected chi connectivity index (χ3v) is 3.25. The predicted octanol–water partition coefficient (Wildman–Crippen LogP) is 2.65. The molecule has 0 saturated carbocycles. The quantitative estimate of drug-likeness (QED) is 0.753. The zero-order valence-electron chi connectivity index (χ0n) is 10.9. The van der Waals surface area contributed by atoms with E-state index in [0.29, 0.717) is 6.54 Å². The highest BCUT2D eigenvalue weighted by Gasteiger charge is 2.06. The van der Waals surface area contributed by atoms with Gasteiger partial charge in [0, 0.05) is 18.3 Å². The molecule has 0 fully saturated rings.